The highest BCUT2D eigenvalue weighted by Crippen LogP contribution is 2.47. The van der Waals surface area contributed by atoms with Crippen LogP contribution >= 0.6 is 11.6 Å². The molecule has 1 aromatic heterocycles. The molecule has 1 saturated heterocycles. The van der Waals surface area contributed by atoms with Gasteiger partial charge < -0.3 is 14.5 Å². The van der Waals surface area contributed by atoms with E-state index in [0.29, 0.717) is 35.9 Å². The average Bonchev–Trinajstić information content (AvgIpc) is 3.29. The lowest BCUT2D eigenvalue weighted by Crippen LogP contribution is -2.37. The van der Waals surface area contributed by atoms with Crippen LogP contribution in [0.3, 0.4) is 0 Å². The van der Waals surface area contributed by atoms with Crippen LogP contribution in [0.2, 0.25) is 5.02 Å². The van der Waals surface area contributed by atoms with E-state index in [9.17, 15) is 8.42 Å². The van der Waals surface area contributed by atoms with Crippen molar-refractivity contribution in [2.75, 3.05) is 41.7 Å². The molecule has 0 radical (unpaired) electrons. The second-order valence-electron chi connectivity index (χ2n) is 7.82. The molecule has 0 atom stereocenters. The van der Waals surface area contributed by atoms with Gasteiger partial charge in [-0.15, -0.1) is 0 Å². The third-order valence-corrected chi connectivity index (χ3v) is 7.87. The second-order valence-corrected chi connectivity index (χ2v) is 10.2. The van der Waals surface area contributed by atoms with E-state index < -0.39 is 9.84 Å². The summed E-state index contributed by atoms with van der Waals surface area (Å²) in [4.78, 5) is 8.89. The fourth-order valence-corrected chi connectivity index (χ4v) is 6.14. The number of anilines is 2. The van der Waals surface area contributed by atoms with Crippen LogP contribution in [-0.2, 0) is 9.84 Å². The van der Waals surface area contributed by atoms with E-state index in [1.165, 1.54) is 0 Å². The Balaban J connectivity index is 1.87. The summed E-state index contributed by atoms with van der Waals surface area (Å²) in [7, 11) is -3.57. The molecular formula is C22H25ClN4O3S. The minimum Gasteiger partial charge on any atom is -0.437 e. The van der Waals surface area contributed by atoms with Crippen LogP contribution in [0.25, 0.3) is 0 Å². The van der Waals surface area contributed by atoms with Crippen molar-refractivity contribution in [1.29, 1.82) is 5.26 Å². The molecule has 3 heterocycles. The van der Waals surface area contributed by atoms with E-state index in [1.807, 2.05) is 9.80 Å². The maximum absolute atomic E-state index is 13.1. The van der Waals surface area contributed by atoms with Crippen LogP contribution in [0.15, 0.2) is 29.2 Å². The Morgan fingerprint density at radius 1 is 1.19 bits per heavy atom. The van der Waals surface area contributed by atoms with Crippen molar-refractivity contribution in [3.8, 4) is 17.7 Å². The Kier molecular flexibility index (Phi) is 6.26. The van der Waals surface area contributed by atoms with Gasteiger partial charge in [0.25, 0.3) is 0 Å². The van der Waals surface area contributed by atoms with Gasteiger partial charge in [0.15, 0.2) is 15.7 Å². The average molecular weight is 461 g/mol. The summed E-state index contributed by atoms with van der Waals surface area (Å²) in [6, 6.07) is 8.76. The summed E-state index contributed by atoms with van der Waals surface area (Å²) >= 11 is 6.70. The molecule has 0 unspecified atom stereocenters. The number of unbranched alkanes of at least 4 members (excludes halogenated alkanes) is 1. The summed E-state index contributed by atoms with van der Waals surface area (Å²) in [5, 5.41) is 9.23. The standard InChI is InChI=1S/C22H25ClN4O3S/c1-2-3-10-26-13-14-31(28,29)20-18(23)21(27-11-4-5-12-27)25-22(19(20)26)30-17-8-6-16(15-24)7-9-17/h6-9H,2-5,10-14H2,1H3. The molecule has 164 valence electrons. The van der Waals surface area contributed by atoms with Crippen molar-refractivity contribution in [3.05, 3.63) is 34.9 Å². The third kappa shape index (κ3) is 4.30. The van der Waals surface area contributed by atoms with Crippen LogP contribution in [0, 0.1) is 11.3 Å². The molecule has 7 nitrogen and oxygen atoms in total. The molecular weight excluding hydrogens is 436 g/mol. The molecule has 4 rings (SSSR count). The molecule has 1 fully saturated rings. The molecule has 31 heavy (non-hydrogen) atoms. The van der Waals surface area contributed by atoms with Crippen LogP contribution in [0.5, 0.6) is 11.6 Å². The van der Waals surface area contributed by atoms with Crippen molar-refractivity contribution in [1.82, 2.24) is 4.98 Å². The van der Waals surface area contributed by atoms with Gasteiger partial charge in [-0.2, -0.15) is 10.2 Å². The van der Waals surface area contributed by atoms with Gasteiger partial charge >= 0.3 is 0 Å². The predicted molar refractivity (Wildman–Crippen MR) is 121 cm³/mol. The number of aromatic nitrogens is 1. The lowest BCUT2D eigenvalue weighted by molar-refractivity contribution is 0.458. The normalized spacial score (nSPS) is 17.3. The molecule has 0 bridgehead atoms. The molecule has 0 N–H and O–H groups in total. The van der Waals surface area contributed by atoms with Gasteiger partial charge in [-0.05, 0) is 43.5 Å². The van der Waals surface area contributed by atoms with Gasteiger partial charge in [0, 0.05) is 26.2 Å². The Labute approximate surface area is 188 Å². The Bertz CT molecular complexity index is 1110. The highest BCUT2D eigenvalue weighted by Gasteiger charge is 2.37. The maximum Gasteiger partial charge on any atom is 0.246 e. The zero-order valence-corrected chi connectivity index (χ0v) is 19.0. The zero-order valence-electron chi connectivity index (χ0n) is 17.5. The zero-order chi connectivity index (χ0) is 22.0. The number of nitrogens with zero attached hydrogens (tertiary/aromatic N) is 4. The Morgan fingerprint density at radius 3 is 2.55 bits per heavy atom. The van der Waals surface area contributed by atoms with Gasteiger partial charge in [0.05, 0.1) is 17.4 Å². The number of hydrogen-bond donors (Lipinski definition) is 0. The number of halogens is 1. The largest absolute Gasteiger partial charge is 0.437 e. The van der Waals surface area contributed by atoms with Crippen molar-refractivity contribution >= 4 is 32.9 Å². The number of sulfone groups is 1. The minimum absolute atomic E-state index is 0.0171. The highest BCUT2D eigenvalue weighted by atomic mass is 35.5. The lowest BCUT2D eigenvalue weighted by atomic mass is 10.2. The molecule has 0 spiro atoms. The minimum atomic E-state index is -3.57. The summed E-state index contributed by atoms with van der Waals surface area (Å²) in [5.41, 5.74) is 0.959. The summed E-state index contributed by atoms with van der Waals surface area (Å²) in [6.45, 7) is 4.73. The molecule has 2 aliphatic heterocycles. The van der Waals surface area contributed by atoms with E-state index in [4.69, 9.17) is 26.6 Å². The fraction of sp³-hybridized carbons (Fsp3) is 0.455. The summed E-state index contributed by atoms with van der Waals surface area (Å²) in [6.07, 6.45) is 3.92. The van der Waals surface area contributed by atoms with Gasteiger partial charge in [0.2, 0.25) is 5.88 Å². The topological polar surface area (TPSA) is 86.5 Å². The number of hydrogen-bond acceptors (Lipinski definition) is 7. The number of nitriles is 1. The summed E-state index contributed by atoms with van der Waals surface area (Å²) < 4.78 is 32.4. The molecule has 9 heteroatoms. The van der Waals surface area contributed by atoms with Gasteiger partial charge in [-0.25, -0.2) is 8.42 Å². The summed E-state index contributed by atoms with van der Waals surface area (Å²) in [5.74, 6) is 1.21. The van der Waals surface area contributed by atoms with Crippen molar-refractivity contribution in [2.24, 2.45) is 0 Å². The number of benzene rings is 1. The Hall–Kier alpha value is -2.50. The van der Waals surface area contributed by atoms with Crippen LogP contribution in [-0.4, -0.2) is 45.3 Å². The highest BCUT2D eigenvalue weighted by molar-refractivity contribution is 7.91. The first kappa shape index (κ1) is 21.7. The molecule has 2 aromatic rings. The predicted octanol–water partition coefficient (Wildman–Crippen LogP) is 4.39. The fourth-order valence-electron chi connectivity index (χ4n) is 4.00. The molecule has 0 amide bonds. The second kappa shape index (κ2) is 8.93. The molecule has 2 aliphatic rings. The molecule has 0 aliphatic carbocycles. The first-order valence-electron chi connectivity index (χ1n) is 10.6. The number of ether oxygens (including phenoxy) is 1. The number of pyridine rings is 1. The first-order chi connectivity index (χ1) is 14.9. The van der Waals surface area contributed by atoms with Crippen LogP contribution in [0.1, 0.15) is 38.2 Å². The van der Waals surface area contributed by atoms with Crippen LogP contribution in [0.4, 0.5) is 11.5 Å². The lowest BCUT2D eigenvalue weighted by Gasteiger charge is -2.33. The molecule has 0 saturated carbocycles. The van der Waals surface area contributed by atoms with Gasteiger partial charge in [-0.3, -0.25) is 0 Å². The van der Waals surface area contributed by atoms with Crippen molar-refractivity contribution in [2.45, 2.75) is 37.5 Å². The molecule has 1 aromatic carbocycles. The monoisotopic (exact) mass is 460 g/mol. The maximum atomic E-state index is 13.1. The van der Waals surface area contributed by atoms with Gasteiger partial charge in [0.1, 0.15) is 21.4 Å². The van der Waals surface area contributed by atoms with E-state index >= 15 is 0 Å². The number of fused-ring (bicyclic) bond motifs is 1. The third-order valence-electron chi connectivity index (χ3n) is 5.66. The van der Waals surface area contributed by atoms with E-state index in [1.54, 1.807) is 24.3 Å². The van der Waals surface area contributed by atoms with Crippen LogP contribution < -0.4 is 14.5 Å². The van der Waals surface area contributed by atoms with E-state index in [0.717, 1.165) is 38.8 Å². The van der Waals surface area contributed by atoms with E-state index in [2.05, 4.69) is 13.0 Å². The quantitative estimate of drug-likeness (QED) is 0.631. The SMILES string of the molecule is CCCCN1CCS(=O)(=O)c2c(Cl)c(N3CCCC3)nc(Oc3ccc(C#N)cc3)c21. The van der Waals surface area contributed by atoms with E-state index in [-0.39, 0.29) is 21.6 Å². The number of rotatable bonds is 6. The first-order valence-corrected chi connectivity index (χ1v) is 12.6. The van der Waals surface area contributed by atoms with Gasteiger partial charge in [-0.1, -0.05) is 24.9 Å². The smallest absolute Gasteiger partial charge is 0.246 e. The van der Waals surface area contributed by atoms with Crippen molar-refractivity contribution < 1.29 is 13.2 Å². The Morgan fingerprint density at radius 2 is 1.90 bits per heavy atom. The van der Waals surface area contributed by atoms with Crippen molar-refractivity contribution in [3.63, 3.8) is 0 Å².